The van der Waals surface area contributed by atoms with E-state index in [2.05, 4.69) is 15.9 Å². The summed E-state index contributed by atoms with van der Waals surface area (Å²) in [5, 5.41) is 4.85. The largest absolute Gasteiger partial charge is 0.345 e. The fraction of sp³-hybridized carbons (Fsp3) is 0.684. The van der Waals surface area contributed by atoms with E-state index >= 15 is 0 Å². The first-order valence-corrected chi connectivity index (χ1v) is 9.65. The molecule has 5 nitrogen and oxygen atoms in total. The highest BCUT2D eigenvalue weighted by atomic mass is 16.2. The van der Waals surface area contributed by atoms with Gasteiger partial charge in [0, 0.05) is 37.8 Å². The van der Waals surface area contributed by atoms with Gasteiger partial charge in [0.05, 0.1) is 11.4 Å². The summed E-state index contributed by atoms with van der Waals surface area (Å²) in [7, 11) is 0. The summed E-state index contributed by atoms with van der Waals surface area (Å²) in [5.41, 5.74) is 5.07. The van der Waals surface area contributed by atoms with Crippen LogP contribution in [0.5, 0.6) is 0 Å². The topological polar surface area (TPSA) is 41.4 Å². The van der Waals surface area contributed by atoms with Crippen LogP contribution in [0.15, 0.2) is 6.08 Å². The van der Waals surface area contributed by atoms with Gasteiger partial charge in [-0.2, -0.15) is 9.78 Å². The Morgan fingerprint density at radius 1 is 1.04 bits per heavy atom. The first-order chi connectivity index (χ1) is 11.8. The van der Waals surface area contributed by atoms with Crippen LogP contribution in [0.3, 0.4) is 0 Å². The molecule has 0 radical (unpaired) electrons. The predicted octanol–water partition coefficient (Wildman–Crippen LogP) is 2.69. The van der Waals surface area contributed by atoms with Gasteiger partial charge < -0.3 is 9.80 Å². The molecule has 2 bridgehead atoms. The average molecular weight is 326 g/mol. The Balaban J connectivity index is 1.50. The molecular formula is C19H26N4O. The van der Waals surface area contributed by atoms with E-state index in [9.17, 15) is 4.79 Å². The highest BCUT2D eigenvalue weighted by Gasteiger charge is 2.35. The molecule has 1 amide bonds. The third-order valence-corrected chi connectivity index (χ3v) is 6.36. The van der Waals surface area contributed by atoms with Gasteiger partial charge in [0.25, 0.3) is 0 Å². The number of amides is 1. The van der Waals surface area contributed by atoms with Crippen LogP contribution in [-0.2, 0) is 12.8 Å². The van der Waals surface area contributed by atoms with Crippen LogP contribution >= 0.6 is 0 Å². The molecule has 4 heterocycles. The SMILES string of the molecule is O=C(N1CCN2CCC1CC2)n1nc(C2=CCCC2)c2c1CCC2. The molecule has 128 valence electrons. The quantitative estimate of drug-likeness (QED) is 0.797. The number of hydrogen-bond donors (Lipinski definition) is 0. The molecule has 3 fully saturated rings. The fourth-order valence-electron chi connectivity index (χ4n) is 5.00. The summed E-state index contributed by atoms with van der Waals surface area (Å²) in [6.45, 7) is 4.16. The molecule has 0 saturated carbocycles. The van der Waals surface area contributed by atoms with Crippen LogP contribution in [0.4, 0.5) is 4.79 Å². The average Bonchev–Trinajstić information content (AvgIpc) is 3.29. The number of aromatic nitrogens is 2. The number of allylic oxidation sites excluding steroid dienone is 2. The van der Waals surface area contributed by atoms with Crippen molar-refractivity contribution in [2.45, 2.75) is 57.4 Å². The van der Waals surface area contributed by atoms with Gasteiger partial charge >= 0.3 is 6.03 Å². The Hall–Kier alpha value is -1.62. The second kappa shape index (κ2) is 5.73. The monoisotopic (exact) mass is 326 g/mol. The van der Waals surface area contributed by atoms with Crippen molar-refractivity contribution in [1.29, 1.82) is 0 Å². The van der Waals surface area contributed by atoms with Crippen molar-refractivity contribution in [3.05, 3.63) is 23.0 Å². The van der Waals surface area contributed by atoms with Gasteiger partial charge in [0.15, 0.2) is 0 Å². The van der Waals surface area contributed by atoms with E-state index in [4.69, 9.17) is 5.10 Å². The first kappa shape index (κ1) is 14.7. The fourth-order valence-corrected chi connectivity index (χ4v) is 5.00. The first-order valence-electron chi connectivity index (χ1n) is 9.65. The van der Waals surface area contributed by atoms with Crippen LogP contribution in [-0.4, -0.2) is 57.8 Å². The minimum Gasteiger partial charge on any atom is -0.318 e. The molecule has 1 aromatic heterocycles. The predicted molar refractivity (Wildman–Crippen MR) is 93.0 cm³/mol. The van der Waals surface area contributed by atoms with Gasteiger partial charge in [-0.1, -0.05) is 6.08 Å². The van der Waals surface area contributed by atoms with E-state index in [1.54, 1.807) is 4.68 Å². The lowest BCUT2D eigenvalue weighted by Crippen LogP contribution is -2.44. The maximum Gasteiger partial charge on any atom is 0.345 e. The van der Waals surface area contributed by atoms with E-state index in [0.29, 0.717) is 6.04 Å². The molecule has 6 rings (SSSR count). The van der Waals surface area contributed by atoms with Gasteiger partial charge in [-0.25, -0.2) is 4.79 Å². The van der Waals surface area contributed by atoms with Crippen LogP contribution in [0.1, 0.15) is 55.5 Å². The zero-order valence-corrected chi connectivity index (χ0v) is 14.3. The van der Waals surface area contributed by atoms with Crippen molar-refractivity contribution in [1.82, 2.24) is 19.6 Å². The summed E-state index contributed by atoms with van der Waals surface area (Å²) < 4.78 is 1.78. The van der Waals surface area contributed by atoms with E-state index in [1.165, 1.54) is 23.3 Å². The van der Waals surface area contributed by atoms with Crippen LogP contribution in [0.25, 0.3) is 5.57 Å². The summed E-state index contributed by atoms with van der Waals surface area (Å²) in [4.78, 5) is 17.9. The minimum atomic E-state index is 0.131. The maximum absolute atomic E-state index is 13.3. The molecule has 5 aliphatic rings. The molecule has 0 atom stereocenters. The molecule has 3 aliphatic heterocycles. The lowest BCUT2D eigenvalue weighted by Gasteiger charge is -2.31. The van der Waals surface area contributed by atoms with Crippen molar-refractivity contribution in [2.75, 3.05) is 26.2 Å². The van der Waals surface area contributed by atoms with Crippen molar-refractivity contribution in [3.8, 4) is 0 Å². The number of rotatable bonds is 1. The normalized spacial score (nSPS) is 28.8. The highest BCUT2D eigenvalue weighted by molar-refractivity contribution is 5.80. The third kappa shape index (κ3) is 2.25. The third-order valence-electron chi connectivity index (χ3n) is 6.36. The van der Waals surface area contributed by atoms with Crippen LogP contribution in [0.2, 0.25) is 0 Å². The number of carbonyl (C=O) groups excluding carboxylic acids is 1. The molecule has 3 saturated heterocycles. The number of nitrogens with zero attached hydrogens (tertiary/aromatic N) is 4. The Morgan fingerprint density at radius 3 is 2.71 bits per heavy atom. The van der Waals surface area contributed by atoms with Crippen molar-refractivity contribution in [3.63, 3.8) is 0 Å². The van der Waals surface area contributed by atoms with Crippen molar-refractivity contribution < 1.29 is 4.79 Å². The number of carbonyl (C=O) groups is 1. The zero-order valence-electron chi connectivity index (χ0n) is 14.3. The Labute approximate surface area is 143 Å². The molecular weight excluding hydrogens is 300 g/mol. The minimum absolute atomic E-state index is 0.131. The number of hydrogen-bond acceptors (Lipinski definition) is 3. The van der Waals surface area contributed by atoms with E-state index in [0.717, 1.165) is 76.8 Å². The molecule has 2 aliphatic carbocycles. The molecule has 24 heavy (non-hydrogen) atoms. The van der Waals surface area contributed by atoms with Gasteiger partial charge in [-0.05, 0) is 56.9 Å². The van der Waals surface area contributed by atoms with E-state index in [1.807, 2.05) is 0 Å². The van der Waals surface area contributed by atoms with E-state index < -0.39 is 0 Å². The Bertz CT molecular complexity index is 696. The zero-order chi connectivity index (χ0) is 16.1. The molecule has 1 aromatic rings. The highest BCUT2D eigenvalue weighted by Crippen LogP contribution is 2.35. The lowest BCUT2D eigenvalue weighted by molar-refractivity contribution is 0.168. The lowest BCUT2D eigenvalue weighted by atomic mass is 10.1. The van der Waals surface area contributed by atoms with Crippen molar-refractivity contribution in [2.24, 2.45) is 0 Å². The smallest absolute Gasteiger partial charge is 0.318 e. The summed E-state index contributed by atoms with van der Waals surface area (Å²) in [6.07, 6.45) is 11.3. The molecule has 0 N–H and O–H groups in total. The van der Waals surface area contributed by atoms with Gasteiger partial charge in [-0.15, -0.1) is 0 Å². The van der Waals surface area contributed by atoms with Crippen LogP contribution in [0, 0.1) is 0 Å². The second-order valence-corrected chi connectivity index (χ2v) is 7.71. The van der Waals surface area contributed by atoms with Gasteiger partial charge in [0.1, 0.15) is 0 Å². The summed E-state index contributed by atoms with van der Waals surface area (Å²) in [6, 6.07) is 0.540. The second-order valence-electron chi connectivity index (χ2n) is 7.71. The van der Waals surface area contributed by atoms with E-state index in [-0.39, 0.29) is 6.03 Å². The summed E-state index contributed by atoms with van der Waals surface area (Å²) >= 11 is 0. The molecule has 0 aromatic carbocycles. The van der Waals surface area contributed by atoms with Gasteiger partial charge in [0.2, 0.25) is 0 Å². The Kier molecular flexibility index (Phi) is 3.51. The summed E-state index contributed by atoms with van der Waals surface area (Å²) in [5.74, 6) is 0. The molecule has 5 heteroatoms. The van der Waals surface area contributed by atoms with Crippen LogP contribution < -0.4 is 0 Å². The Morgan fingerprint density at radius 2 is 1.92 bits per heavy atom. The maximum atomic E-state index is 13.3. The standard InChI is InChI=1S/C19H26N4O/c24-19(22-13-12-21-10-8-15(22)9-11-21)23-17-7-3-6-16(17)18(20-23)14-4-1-2-5-14/h4,15H,1-3,5-13H2. The molecule has 0 spiro atoms. The molecule has 0 unspecified atom stereocenters. The number of fused-ring (bicyclic) bond motifs is 5. The number of piperidine rings is 1. The van der Waals surface area contributed by atoms with Gasteiger partial charge in [-0.3, -0.25) is 0 Å². The van der Waals surface area contributed by atoms with Crippen molar-refractivity contribution >= 4 is 11.6 Å².